The molecule has 0 unspecified atom stereocenters. The van der Waals surface area contributed by atoms with Gasteiger partial charge in [0, 0.05) is 45.3 Å². The van der Waals surface area contributed by atoms with Crippen LogP contribution in [0.5, 0.6) is 0 Å². The summed E-state index contributed by atoms with van der Waals surface area (Å²) in [5.41, 5.74) is 0.853. The molecule has 1 aliphatic heterocycles. The summed E-state index contributed by atoms with van der Waals surface area (Å²) >= 11 is 0. The Bertz CT molecular complexity index is 437. The average Bonchev–Trinajstić information content (AvgIpc) is 2.83. The molecule has 0 aromatic carbocycles. The van der Waals surface area contributed by atoms with Gasteiger partial charge in [0.1, 0.15) is 0 Å². The van der Waals surface area contributed by atoms with E-state index in [2.05, 4.69) is 5.32 Å². The lowest BCUT2D eigenvalue weighted by atomic mass is 10.3. The van der Waals surface area contributed by atoms with Crippen LogP contribution in [0.2, 0.25) is 0 Å². The minimum atomic E-state index is -3.35. The fourth-order valence-corrected chi connectivity index (χ4v) is 3.14. The third-order valence-corrected chi connectivity index (χ3v) is 4.72. The maximum atomic E-state index is 12.2. The molecule has 1 aliphatic rings. The molecule has 0 amide bonds. The quantitative estimate of drug-likeness (QED) is 0.817. The first kappa shape index (κ1) is 12.6. The fraction of sp³-hybridized carbons (Fsp3) is 0.600. The molecule has 0 saturated carbocycles. The Morgan fingerprint density at radius 2 is 2.18 bits per heavy atom. The predicted molar refractivity (Wildman–Crippen MR) is 63.5 cm³/mol. The second kappa shape index (κ2) is 5.18. The van der Waals surface area contributed by atoms with Crippen molar-refractivity contribution in [2.45, 2.75) is 6.54 Å². The van der Waals surface area contributed by atoms with Crippen LogP contribution in [0.25, 0.3) is 0 Å². The standard InChI is InChI=1S/C10H17N3O3S/c1-12(8-10-2-7-16-9-10)17(14,15)13-5-3-11-4-6-13/h2,7,9,11H,3-6,8H2,1H3. The average molecular weight is 259 g/mol. The molecule has 1 aromatic rings. The Morgan fingerprint density at radius 3 is 2.76 bits per heavy atom. The van der Waals surface area contributed by atoms with E-state index in [4.69, 9.17) is 4.42 Å². The summed E-state index contributed by atoms with van der Waals surface area (Å²) < 4.78 is 32.2. The van der Waals surface area contributed by atoms with Crippen LogP contribution in [0.3, 0.4) is 0 Å². The van der Waals surface area contributed by atoms with E-state index in [-0.39, 0.29) is 0 Å². The van der Waals surface area contributed by atoms with E-state index in [1.54, 1.807) is 25.6 Å². The molecule has 2 heterocycles. The van der Waals surface area contributed by atoms with Gasteiger partial charge in [-0.25, -0.2) is 0 Å². The number of furan rings is 1. The van der Waals surface area contributed by atoms with Gasteiger partial charge in [0.05, 0.1) is 12.5 Å². The number of rotatable bonds is 4. The molecule has 17 heavy (non-hydrogen) atoms. The maximum Gasteiger partial charge on any atom is 0.282 e. The van der Waals surface area contributed by atoms with Crippen molar-refractivity contribution in [3.05, 3.63) is 24.2 Å². The zero-order chi connectivity index (χ0) is 12.3. The molecule has 0 atom stereocenters. The van der Waals surface area contributed by atoms with Gasteiger partial charge in [-0.3, -0.25) is 0 Å². The molecule has 1 fully saturated rings. The molecular formula is C10H17N3O3S. The van der Waals surface area contributed by atoms with Gasteiger partial charge >= 0.3 is 0 Å². The van der Waals surface area contributed by atoms with Crippen LogP contribution in [0.4, 0.5) is 0 Å². The van der Waals surface area contributed by atoms with Crippen molar-refractivity contribution in [3.8, 4) is 0 Å². The number of nitrogens with one attached hydrogen (secondary N) is 1. The first-order chi connectivity index (χ1) is 8.10. The Kier molecular flexibility index (Phi) is 3.82. The Morgan fingerprint density at radius 1 is 1.47 bits per heavy atom. The van der Waals surface area contributed by atoms with Crippen LogP contribution in [-0.2, 0) is 16.8 Å². The molecule has 1 N–H and O–H groups in total. The first-order valence-electron chi connectivity index (χ1n) is 5.54. The fourth-order valence-electron chi connectivity index (χ4n) is 1.79. The summed E-state index contributed by atoms with van der Waals surface area (Å²) in [5, 5.41) is 3.13. The largest absolute Gasteiger partial charge is 0.472 e. The number of hydrogen-bond donors (Lipinski definition) is 1. The van der Waals surface area contributed by atoms with Gasteiger partial charge in [-0.05, 0) is 6.07 Å². The van der Waals surface area contributed by atoms with Crippen LogP contribution in [0.1, 0.15) is 5.56 Å². The molecule has 0 spiro atoms. The molecule has 2 rings (SSSR count). The number of hydrogen-bond acceptors (Lipinski definition) is 4. The van der Waals surface area contributed by atoms with Crippen molar-refractivity contribution in [2.24, 2.45) is 0 Å². The SMILES string of the molecule is CN(Cc1ccoc1)S(=O)(=O)N1CCNCC1. The van der Waals surface area contributed by atoms with E-state index in [0.29, 0.717) is 32.7 Å². The van der Waals surface area contributed by atoms with Crippen LogP contribution in [-0.4, -0.2) is 50.3 Å². The third-order valence-electron chi connectivity index (χ3n) is 2.78. The van der Waals surface area contributed by atoms with Crippen LogP contribution in [0.15, 0.2) is 23.0 Å². The summed E-state index contributed by atoms with van der Waals surface area (Å²) in [6.45, 7) is 2.80. The van der Waals surface area contributed by atoms with Gasteiger partial charge < -0.3 is 9.73 Å². The van der Waals surface area contributed by atoms with E-state index in [9.17, 15) is 8.42 Å². The second-order valence-corrected chi connectivity index (χ2v) is 6.08. The lowest BCUT2D eigenvalue weighted by molar-refractivity contribution is 0.324. The monoisotopic (exact) mass is 259 g/mol. The van der Waals surface area contributed by atoms with Crippen molar-refractivity contribution in [1.29, 1.82) is 0 Å². The van der Waals surface area contributed by atoms with Gasteiger partial charge in [-0.15, -0.1) is 0 Å². The van der Waals surface area contributed by atoms with E-state index < -0.39 is 10.2 Å². The van der Waals surface area contributed by atoms with Gasteiger partial charge in [0.2, 0.25) is 0 Å². The molecule has 6 nitrogen and oxygen atoms in total. The van der Waals surface area contributed by atoms with Gasteiger partial charge in [-0.1, -0.05) is 0 Å². The van der Waals surface area contributed by atoms with Crippen molar-refractivity contribution < 1.29 is 12.8 Å². The molecule has 96 valence electrons. The lowest BCUT2D eigenvalue weighted by Crippen LogP contribution is -2.50. The zero-order valence-electron chi connectivity index (χ0n) is 9.80. The Hall–Kier alpha value is -0.890. The van der Waals surface area contributed by atoms with Crippen molar-refractivity contribution in [1.82, 2.24) is 13.9 Å². The molecule has 0 aliphatic carbocycles. The van der Waals surface area contributed by atoms with Gasteiger partial charge in [0.25, 0.3) is 10.2 Å². The molecule has 1 saturated heterocycles. The highest BCUT2D eigenvalue weighted by Crippen LogP contribution is 2.12. The molecule has 0 bridgehead atoms. The number of nitrogens with zero attached hydrogens (tertiary/aromatic N) is 2. The summed E-state index contributed by atoms with van der Waals surface area (Å²) in [7, 11) is -1.77. The Balaban J connectivity index is 2.03. The van der Waals surface area contributed by atoms with Crippen LogP contribution >= 0.6 is 0 Å². The highest BCUT2D eigenvalue weighted by Gasteiger charge is 2.28. The number of piperazine rings is 1. The van der Waals surface area contributed by atoms with Gasteiger partial charge in [-0.2, -0.15) is 17.0 Å². The zero-order valence-corrected chi connectivity index (χ0v) is 10.6. The molecule has 1 aromatic heterocycles. The third kappa shape index (κ3) is 2.86. The minimum absolute atomic E-state index is 0.336. The van der Waals surface area contributed by atoms with Gasteiger partial charge in [0.15, 0.2) is 0 Å². The van der Waals surface area contributed by atoms with E-state index in [0.717, 1.165) is 5.56 Å². The first-order valence-corrected chi connectivity index (χ1v) is 6.93. The minimum Gasteiger partial charge on any atom is -0.472 e. The van der Waals surface area contributed by atoms with Crippen molar-refractivity contribution in [3.63, 3.8) is 0 Å². The summed E-state index contributed by atoms with van der Waals surface area (Å²) in [6, 6.07) is 1.77. The summed E-state index contributed by atoms with van der Waals surface area (Å²) in [6.07, 6.45) is 3.10. The normalized spacial score (nSPS) is 18.7. The molecular weight excluding hydrogens is 242 g/mol. The molecule has 0 radical (unpaired) electrons. The lowest BCUT2D eigenvalue weighted by Gasteiger charge is -2.30. The van der Waals surface area contributed by atoms with E-state index in [1.807, 2.05) is 0 Å². The summed E-state index contributed by atoms with van der Waals surface area (Å²) in [5.74, 6) is 0. The molecule has 7 heteroatoms. The van der Waals surface area contributed by atoms with E-state index in [1.165, 1.54) is 8.61 Å². The van der Waals surface area contributed by atoms with Crippen LogP contribution < -0.4 is 5.32 Å². The summed E-state index contributed by atoms with van der Waals surface area (Å²) in [4.78, 5) is 0. The second-order valence-electron chi connectivity index (χ2n) is 4.04. The van der Waals surface area contributed by atoms with Crippen molar-refractivity contribution in [2.75, 3.05) is 33.2 Å². The van der Waals surface area contributed by atoms with Crippen LogP contribution in [0, 0.1) is 0 Å². The highest BCUT2D eigenvalue weighted by molar-refractivity contribution is 7.86. The predicted octanol–water partition coefficient (Wildman–Crippen LogP) is -0.139. The highest BCUT2D eigenvalue weighted by atomic mass is 32.2. The maximum absolute atomic E-state index is 12.2. The topological polar surface area (TPSA) is 65.8 Å². The van der Waals surface area contributed by atoms with Crippen molar-refractivity contribution >= 4 is 10.2 Å². The van der Waals surface area contributed by atoms with E-state index >= 15 is 0 Å². The Labute approximate surface area is 101 Å². The smallest absolute Gasteiger partial charge is 0.282 e.